The molecular formula is C10H15N3O3. The minimum Gasteiger partial charge on any atom is -0.464 e. The highest BCUT2D eigenvalue weighted by atomic mass is 16.5. The standard InChI is InChI=1S/C10H15N3O3/c1-7(6-15-2)11-9-5-4-8(12-13-9)10(14)16-3/h4-5,7H,6H2,1-3H3,(H,11,13). The number of esters is 1. The molecule has 16 heavy (non-hydrogen) atoms. The molecule has 6 heteroatoms. The van der Waals surface area contributed by atoms with Gasteiger partial charge < -0.3 is 14.8 Å². The molecule has 1 N–H and O–H groups in total. The summed E-state index contributed by atoms with van der Waals surface area (Å²) in [7, 11) is 2.93. The van der Waals surface area contributed by atoms with E-state index >= 15 is 0 Å². The minimum absolute atomic E-state index is 0.128. The van der Waals surface area contributed by atoms with E-state index in [2.05, 4.69) is 20.3 Å². The lowest BCUT2D eigenvalue weighted by Gasteiger charge is -2.12. The van der Waals surface area contributed by atoms with Crippen molar-refractivity contribution in [2.24, 2.45) is 0 Å². The van der Waals surface area contributed by atoms with Crippen LogP contribution in [0.2, 0.25) is 0 Å². The van der Waals surface area contributed by atoms with Crippen LogP contribution in [0, 0.1) is 0 Å². The second kappa shape index (κ2) is 6.02. The number of aromatic nitrogens is 2. The van der Waals surface area contributed by atoms with E-state index in [0.29, 0.717) is 12.4 Å². The number of carbonyl (C=O) groups is 1. The number of hydrogen-bond acceptors (Lipinski definition) is 6. The zero-order chi connectivity index (χ0) is 12.0. The second-order valence-corrected chi connectivity index (χ2v) is 3.30. The lowest BCUT2D eigenvalue weighted by molar-refractivity contribution is 0.0593. The first kappa shape index (κ1) is 12.4. The van der Waals surface area contributed by atoms with Crippen molar-refractivity contribution in [3.8, 4) is 0 Å². The predicted octanol–water partition coefficient (Wildman–Crippen LogP) is 0.710. The summed E-state index contributed by atoms with van der Waals surface area (Å²) in [5, 5.41) is 10.7. The number of anilines is 1. The third kappa shape index (κ3) is 3.47. The van der Waals surface area contributed by atoms with Crippen molar-refractivity contribution in [2.45, 2.75) is 13.0 Å². The van der Waals surface area contributed by atoms with Crippen LogP contribution in [-0.2, 0) is 9.47 Å². The first-order valence-corrected chi connectivity index (χ1v) is 4.85. The van der Waals surface area contributed by atoms with E-state index < -0.39 is 5.97 Å². The first-order chi connectivity index (χ1) is 7.67. The highest BCUT2D eigenvalue weighted by molar-refractivity contribution is 5.86. The van der Waals surface area contributed by atoms with Crippen molar-refractivity contribution < 1.29 is 14.3 Å². The fourth-order valence-electron chi connectivity index (χ4n) is 1.17. The second-order valence-electron chi connectivity index (χ2n) is 3.30. The largest absolute Gasteiger partial charge is 0.464 e. The Morgan fingerprint density at radius 2 is 2.19 bits per heavy atom. The Morgan fingerprint density at radius 1 is 1.44 bits per heavy atom. The Morgan fingerprint density at radius 3 is 2.69 bits per heavy atom. The van der Waals surface area contributed by atoms with Crippen LogP contribution < -0.4 is 5.32 Å². The lowest BCUT2D eigenvalue weighted by Crippen LogP contribution is -2.21. The van der Waals surface area contributed by atoms with Crippen LogP contribution in [-0.4, -0.2) is 43.0 Å². The minimum atomic E-state index is -0.496. The molecule has 1 unspecified atom stereocenters. The van der Waals surface area contributed by atoms with Gasteiger partial charge in [0.15, 0.2) is 5.69 Å². The van der Waals surface area contributed by atoms with Gasteiger partial charge in [-0.3, -0.25) is 0 Å². The highest BCUT2D eigenvalue weighted by Gasteiger charge is 2.08. The van der Waals surface area contributed by atoms with E-state index in [-0.39, 0.29) is 11.7 Å². The fraction of sp³-hybridized carbons (Fsp3) is 0.500. The molecule has 1 aromatic heterocycles. The van der Waals surface area contributed by atoms with Gasteiger partial charge in [0.1, 0.15) is 5.82 Å². The van der Waals surface area contributed by atoms with Gasteiger partial charge in [-0.15, -0.1) is 10.2 Å². The SMILES string of the molecule is COCC(C)Nc1ccc(C(=O)OC)nn1. The van der Waals surface area contributed by atoms with Crippen molar-refractivity contribution in [1.29, 1.82) is 0 Å². The van der Waals surface area contributed by atoms with E-state index in [1.165, 1.54) is 7.11 Å². The normalized spacial score (nSPS) is 11.9. The van der Waals surface area contributed by atoms with E-state index in [4.69, 9.17) is 4.74 Å². The molecule has 1 atom stereocenters. The van der Waals surface area contributed by atoms with Crippen LogP contribution >= 0.6 is 0 Å². The van der Waals surface area contributed by atoms with Crippen molar-refractivity contribution >= 4 is 11.8 Å². The Bertz CT molecular complexity index is 340. The molecule has 0 aliphatic carbocycles. The number of hydrogen-bond donors (Lipinski definition) is 1. The molecule has 0 radical (unpaired) electrons. The third-order valence-electron chi connectivity index (χ3n) is 1.87. The predicted molar refractivity (Wildman–Crippen MR) is 58.3 cm³/mol. The van der Waals surface area contributed by atoms with E-state index in [0.717, 1.165) is 0 Å². The molecule has 0 bridgehead atoms. The Hall–Kier alpha value is -1.69. The van der Waals surface area contributed by atoms with Crippen LogP contribution in [0.3, 0.4) is 0 Å². The average Bonchev–Trinajstić information content (AvgIpc) is 2.29. The maximum Gasteiger partial charge on any atom is 0.358 e. The summed E-state index contributed by atoms with van der Waals surface area (Å²) in [6.45, 7) is 2.53. The summed E-state index contributed by atoms with van der Waals surface area (Å²) >= 11 is 0. The Kier molecular flexibility index (Phi) is 4.65. The van der Waals surface area contributed by atoms with Crippen molar-refractivity contribution in [2.75, 3.05) is 26.1 Å². The highest BCUT2D eigenvalue weighted by Crippen LogP contribution is 2.04. The zero-order valence-corrected chi connectivity index (χ0v) is 9.56. The first-order valence-electron chi connectivity index (χ1n) is 4.85. The molecule has 0 aliphatic rings. The van der Waals surface area contributed by atoms with Gasteiger partial charge in [0.2, 0.25) is 0 Å². The number of methoxy groups -OCH3 is 2. The molecule has 88 valence electrons. The van der Waals surface area contributed by atoms with Gasteiger partial charge in [0.05, 0.1) is 13.7 Å². The molecule has 0 saturated heterocycles. The van der Waals surface area contributed by atoms with Gasteiger partial charge in [-0.1, -0.05) is 0 Å². The van der Waals surface area contributed by atoms with Gasteiger partial charge in [-0.2, -0.15) is 0 Å². The summed E-state index contributed by atoms with van der Waals surface area (Å²) in [5.41, 5.74) is 0.187. The lowest BCUT2D eigenvalue weighted by atomic mass is 10.3. The van der Waals surface area contributed by atoms with E-state index in [1.54, 1.807) is 19.2 Å². The molecule has 1 rings (SSSR count). The van der Waals surface area contributed by atoms with E-state index in [1.807, 2.05) is 6.92 Å². The van der Waals surface area contributed by atoms with Gasteiger partial charge in [-0.25, -0.2) is 4.79 Å². The fourth-order valence-corrected chi connectivity index (χ4v) is 1.17. The molecule has 0 aliphatic heterocycles. The van der Waals surface area contributed by atoms with Crippen LogP contribution in [0.1, 0.15) is 17.4 Å². The van der Waals surface area contributed by atoms with Crippen LogP contribution in [0.5, 0.6) is 0 Å². The summed E-state index contributed by atoms with van der Waals surface area (Å²) in [4.78, 5) is 11.1. The quantitative estimate of drug-likeness (QED) is 0.744. The maximum atomic E-state index is 11.1. The average molecular weight is 225 g/mol. The molecular weight excluding hydrogens is 210 g/mol. The number of nitrogens with one attached hydrogen (secondary N) is 1. The molecule has 0 amide bonds. The van der Waals surface area contributed by atoms with Gasteiger partial charge in [0, 0.05) is 13.2 Å². The summed E-state index contributed by atoms with van der Waals surface area (Å²) in [6, 6.07) is 3.36. The zero-order valence-electron chi connectivity index (χ0n) is 9.56. The smallest absolute Gasteiger partial charge is 0.358 e. The van der Waals surface area contributed by atoms with Crippen molar-refractivity contribution in [3.63, 3.8) is 0 Å². The summed E-state index contributed by atoms with van der Waals surface area (Å²) in [5.74, 6) is 0.0983. The molecule has 0 fully saturated rings. The number of nitrogens with zero attached hydrogens (tertiary/aromatic N) is 2. The summed E-state index contributed by atoms with van der Waals surface area (Å²) < 4.78 is 9.48. The molecule has 0 saturated carbocycles. The topological polar surface area (TPSA) is 73.3 Å². The monoisotopic (exact) mass is 225 g/mol. The van der Waals surface area contributed by atoms with Gasteiger partial charge in [-0.05, 0) is 19.1 Å². The van der Waals surface area contributed by atoms with Crippen molar-refractivity contribution in [3.05, 3.63) is 17.8 Å². The molecule has 0 aromatic carbocycles. The summed E-state index contributed by atoms with van der Waals surface area (Å²) in [6.07, 6.45) is 0. The molecule has 6 nitrogen and oxygen atoms in total. The maximum absolute atomic E-state index is 11.1. The van der Waals surface area contributed by atoms with Gasteiger partial charge >= 0.3 is 5.97 Å². The molecule has 1 aromatic rings. The van der Waals surface area contributed by atoms with Crippen LogP contribution in [0.25, 0.3) is 0 Å². The molecule has 1 heterocycles. The third-order valence-corrected chi connectivity index (χ3v) is 1.87. The van der Waals surface area contributed by atoms with Crippen LogP contribution in [0.15, 0.2) is 12.1 Å². The number of rotatable bonds is 5. The number of carbonyl (C=O) groups excluding carboxylic acids is 1. The molecule has 0 spiro atoms. The van der Waals surface area contributed by atoms with Crippen LogP contribution in [0.4, 0.5) is 5.82 Å². The van der Waals surface area contributed by atoms with Crippen molar-refractivity contribution in [1.82, 2.24) is 10.2 Å². The Labute approximate surface area is 94.0 Å². The van der Waals surface area contributed by atoms with E-state index in [9.17, 15) is 4.79 Å². The Balaban J connectivity index is 2.61. The number of ether oxygens (including phenoxy) is 2. The van der Waals surface area contributed by atoms with Gasteiger partial charge in [0.25, 0.3) is 0 Å².